The molecule has 1 fully saturated rings. The van der Waals surface area contributed by atoms with Gasteiger partial charge in [-0.1, -0.05) is 0 Å². The number of hydrogen-bond acceptors (Lipinski definition) is 3. The Morgan fingerprint density at radius 2 is 2.00 bits per heavy atom. The molecule has 1 unspecified atom stereocenters. The van der Waals surface area contributed by atoms with E-state index in [2.05, 4.69) is 0 Å². The Kier molecular flexibility index (Phi) is 3.69. The maximum atomic E-state index is 11.8. The fourth-order valence-corrected chi connectivity index (χ4v) is 2.93. The van der Waals surface area contributed by atoms with Crippen LogP contribution in [0.4, 0.5) is 0 Å². The number of rotatable bonds is 3. The molecule has 1 atom stereocenters. The molecule has 1 heterocycles. The number of nitrogens with zero attached hydrogens (tertiary/aromatic N) is 2. The van der Waals surface area contributed by atoms with Crippen LogP contribution in [0.3, 0.4) is 0 Å². The van der Waals surface area contributed by atoms with Gasteiger partial charge in [0.2, 0.25) is 0 Å². The minimum absolute atomic E-state index is 0.289. The molecule has 0 amide bonds. The normalized spacial score (nSPS) is 24.3. The summed E-state index contributed by atoms with van der Waals surface area (Å²) < 4.78 is 25.7. The van der Waals surface area contributed by atoms with Crippen LogP contribution in [0.15, 0.2) is 0 Å². The first-order valence-corrected chi connectivity index (χ1v) is 6.19. The highest BCUT2D eigenvalue weighted by atomic mass is 32.2. The van der Waals surface area contributed by atoms with Crippen LogP contribution in [-0.4, -0.2) is 54.8 Å². The number of carboxylic acid groups (broad SMARTS) is 1. The van der Waals surface area contributed by atoms with E-state index in [-0.39, 0.29) is 6.54 Å². The van der Waals surface area contributed by atoms with Crippen molar-refractivity contribution in [2.45, 2.75) is 25.3 Å². The van der Waals surface area contributed by atoms with Gasteiger partial charge in [0, 0.05) is 20.6 Å². The van der Waals surface area contributed by atoms with Crippen molar-refractivity contribution in [2.75, 3.05) is 20.6 Å². The average Bonchev–Trinajstić information content (AvgIpc) is 2.17. The van der Waals surface area contributed by atoms with Crippen molar-refractivity contribution in [3.8, 4) is 0 Å². The second-order valence-electron chi connectivity index (χ2n) is 3.75. The second-order valence-corrected chi connectivity index (χ2v) is 5.85. The molecule has 0 aromatic rings. The van der Waals surface area contributed by atoms with Crippen LogP contribution < -0.4 is 0 Å². The molecular formula is C8H16N2O4S. The van der Waals surface area contributed by atoms with E-state index in [0.29, 0.717) is 6.42 Å². The van der Waals surface area contributed by atoms with E-state index < -0.39 is 22.2 Å². The highest BCUT2D eigenvalue weighted by molar-refractivity contribution is 7.86. The first-order valence-electron chi connectivity index (χ1n) is 4.79. The Labute approximate surface area is 89.7 Å². The van der Waals surface area contributed by atoms with E-state index in [9.17, 15) is 13.2 Å². The zero-order chi connectivity index (χ0) is 11.6. The summed E-state index contributed by atoms with van der Waals surface area (Å²) >= 11 is 0. The van der Waals surface area contributed by atoms with E-state index in [0.717, 1.165) is 21.5 Å². The molecule has 1 aliphatic heterocycles. The first-order chi connectivity index (χ1) is 6.87. The molecule has 0 aromatic carbocycles. The largest absolute Gasteiger partial charge is 0.480 e. The monoisotopic (exact) mass is 236 g/mol. The molecule has 7 heteroatoms. The van der Waals surface area contributed by atoms with Crippen LogP contribution in [0.25, 0.3) is 0 Å². The summed E-state index contributed by atoms with van der Waals surface area (Å²) in [6.45, 7) is 0.289. The van der Waals surface area contributed by atoms with Crippen LogP contribution in [0.1, 0.15) is 19.3 Å². The van der Waals surface area contributed by atoms with E-state index in [1.54, 1.807) is 0 Å². The van der Waals surface area contributed by atoms with E-state index in [1.807, 2.05) is 0 Å². The molecule has 6 nitrogen and oxygen atoms in total. The quantitative estimate of drug-likeness (QED) is 0.732. The van der Waals surface area contributed by atoms with Gasteiger partial charge in [0.15, 0.2) is 0 Å². The van der Waals surface area contributed by atoms with Crippen LogP contribution in [0, 0.1) is 0 Å². The highest BCUT2D eigenvalue weighted by Gasteiger charge is 2.37. The zero-order valence-electron chi connectivity index (χ0n) is 8.88. The first kappa shape index (κ1) is 12.4. The van der Waals surface area contributed by atoms with Crippen molar-refractivity contribution in [3.63, 3.8) is 0 Å². The molecule has 0 aromatic heterocycles. The van der Waals surface area contributed by atoms with Crippen LogP contribution in [0.5, 0.6) is 0 Å². The number of carbonyl (C=O) groups is 1. The van der Waals surface area contributed by atoms with E-state index >= 15 is 0 Å². The molecule has 0 aliphatic carbocycles. The Morgan fingerprint density at radius 3 is 2.47 bits per heavy atom. The standard InChI is InChI=1S/C8H16N2O4S/c1-9(2)15(13,14)10-6-4-3-5-7(10)8(11)12/h7H,3-6H2,1-2H3,(H,11,12). The summed E-state index contributed by atoms with van der Waals surface area (Å²) in [4.78, 5) is 10.9. The average molecular weight is 236 g/mol. The fraction of sp³-hybridized carbons (Fsp3) is 0.875. The van der Waals surface area contributed by atoms with Gasteiger partial charge >= 0.3 is 5.97 Å². The number of aliphatic carboxylic acids is 1. The lowest BCUT2D eigenvalue weighted by atomic mass is 10.1. The minimum Gasteiger partial charge on any atom is -0.480 e. The summed E-state index contributed by atoms with van der Waals surface area (Å²) in [6.07, 6.45) is 1.87. The topological polar surface area (TPSA) is 77.9 Å². The molecule has 0 bridgehead atoms. The molecule has 1 rings (SSSR count). The molecule has 0 saturated carbocycles. The van der Waals surface area contributed by atoms with Gasteiger partial charge in [-0.15, -0.1) is 0 Å². The Morgan fingerprint density at radius 1 is 1.40 bits per heavy atom. The number of carboxylic acids is 1. The van der Waals surface area contributed by atoms with Gasteiger partial charge in [0.05, 0.1) is 0 Å². The van der Waals surface area contributed by atoms with Crippen LogP contribution >= 0.6 is 0 Å². The Balaban J connectivity index is 2.95. The van der Waals surface area contributed by atoms with Crippen LogP contribution in [0.2, 0.25) is 0 Å². The van der Waals surface area contributed by atoms with E-state index in [4.69, 9.17) is 5.11 Å². The molecule has 88 valence electrons. The summed E-state index contributed by atoms with van der Waals surface area (Å²) in [6, 6.07) is -0.911. The molecule has 0 spiro atoms. The summed E-state index contributed by atoms with van der Waals surface area (Å²) in [7, 11) is -0.797. The van der Waals surface area contributed by atoms with Crippen molar-refractivity contribution in [2.24, 2.45) is 0 Å². The molecule has 15 heavy (non-hydrogen) atoms. The smallest absolute Gasteiger partial charge is 0.322 e. The third-order valence-corrected chi connectivity index (χ3v) is 4.45. The minimum atomic E-state index is -3.61. The third kappa shape index (κ3) is 2.47. The molecule has 1 saturated heterocycles. The number of piperidine rings is 1. The Hall–Kier alpha value is -0.660. The van der Waals surface area contributed by atoms with Crippen molar-refractivity contribution < 1.29 is 18.3 Å². The van der Waals surface area contributed by atoms with Crippen molar-refractivity contribution in [1.29, 1.82) is 0 Å². The third-order valence-electron chi connectivity index (χ3n) is 2.50. The van der Waals surface area contributed by atoms with Crippen LogP contribution in [-0.2, 0) is 15.0 Å². The second kappa shape index (κ2) is 4.46. The van der Waals surface area contributed by atoms with Gasteiger partial charge in [0.25, 0.3) is 10.2 Å². The summed E-state index contributed by atoms with van der Waals surface area (Å²) in [5.74, 6) is -1.07. The zero-order valence-corrected chi connectivity index (χ0v) is 9.70. The molecule has 1 N–H and O–H groups in total. The molecule has 0 radical (unpaired) electrons. The van der Waals surface area contributed by atoms with Crippen molar-refractivity contribution in [1.82, 2.24) is 8.61 Å². The van der Waals surface area contributed by atoms with Gasteiger partial charge in [-0.05, 0) is 19.3 Å². The molecular weight excluding hydrogens is 220 g/mol. The van der Waals surface area contributed by atoms with Gasteiger partial charge in [0.1, 0.15) is 6.04 Å². The predicted octanol–water partition coefficient (Wildman–Crippen LogP) is -0.268. The molecule has 1 aliphatic rings. The lowest BCUT2D eigenvalue weighted by molar-refractivity contribution is -0.142. The lowest BCUT2D eigenvalue weighted by Gasteiger charge is -2.33. The van der Waals surface area contributed by atoms with Gasteiger partial charge < -0.3 is 5.11 Å². The lowest BCUT2D eigenvalue weighted by Crippen LogP contribution is -2.51. The van der Waals surface area contributed by atoms with Gasteiger partial charge in [-0.3, -0.25) is 4.79 Å². The SMILES string of the molecule is CN(C)S(=O)(=O)N1CCCCC1C(=O)O. The Bertz CT molecular complexity index is 339. The maximum absolute atomic E-state index is 11.8. The highest BCUT2D eigenvalue weighted by Crippen LogP contribution is 2.21. The summed E-state index contributed by atoms with van der Waals surface area (Å²) in [5, 5.41) is 8.93. The van der Waals surface area contributed by atoms with Gasteiger partial charge in [-0.25, -0.2) is 0 Å². The van der Waals surface area contributed by atoms with Crippen molar-refractivity contribution >= 4 is 16.2 Å². The maximum Gasteiger partial charge on any atom is 0.322 e. The van der Waals surface area contributed by atoms with Crippen molar-refractivity contribution in [3.05, 3.63) is 0 Å². The summed E-state index contributed by atoms with van der Waals surface area (Å²) in [5.41, 5.74) is 0. The van der Waals surface area contributed by atoms with E-state index in [1.165, 1.54) is 14.1 Å². The predicted molar refractivity (Wildman–Crippen MR) is 54.6 cm³/mol. The van der Waals surface area contributed by atoms with Gasteiger partial charge in [-0.2, -0.15) is 17.0 Å². The number of hydrogen-bond donors (Lipinski definition) is 1. The fourth-order valence-electron chi connectivity index (χ4n) is 1.64.